The Morgan fingerprint density at radius 2 is 1.06 bits per heavy atom. The average Bonchev–Trinajstić information content (AvgIpc) is 2.83. The van der Waals surface area contributed by atoms with Gasteiger partial charge in [-0.25, -0.2) is 0 Å². The molecule has 0 amide bonds. The second kappa shape index (κ2) is 10.3. The summed E-state index contributed by atoms with van der Waals surface area (Å²) in [5.41, 5.74) is 5.96. The zero-order valence-corrected chi connectivity index (χ0v) is 22.1. The van der Waals surface area contributed by atoms with Crippen molar-refractivity contribution in [2.45, 2.75) is 27.7 Å². The summed E-state index contributed by atoms with van der Waals surface area (Å²) >= 11 is 5.95. The van der Waals surface area contributed by atoms with E-state index in [9.17, 15) is 0 Å². The summed E-state index contributed by atoms with van der Waals surface area (Å²) < 4.78 is 0. The molecule has 0 unspecified atom stereocenters. The van der Waals surface area contributed by atoms with Gasteiger partial charge < -0.3 is 4.98 Å². The fourth-order valence-corrected chi connectivity index (χ4v) is 9.62. The van der Waals surface area contributed by atoms with Crippen molar-refractivity contribution in [3.8, 4) is 0 Å². The number of thiocarbonyl (C=S) groups is 1. The van der Waals surface area contributed by atoms with E-state index in [2.05, 4.69) is 142 Å². The summed E-state index contributed by atoms with van der Waals surface area (Å²) in [4.78, 5) is 4.92. The van der Waals surface area contributed by atoms with E-state index in [-0.39, 0.29) is 0 Å². The van der Waals surface area contributed by atoms with Crippen molar-refractivity contribution in [3.05, 3.63) is 137 Å². The van der Waals surface area contributed by atoms with Crippen LogP contribution in [0.1, 0.15) is 29.2 Å². The van der Waals surface area contributed by atoms with Crippen LogP contribution in [-0.2, 0) is 0 Å². The number of nitrogens with one attached hydrogen (secondary N) is 1. The van der Waals surface area contributed by atoms with Gasteiger partial charge in [0.15, 0.2) is 0 Å². The minimum atomic E-state index is -2.57. The number of hydrogen-bond donors (Lipinski definition) is 1. The standard InChI is InChI=1S/C31H31NSSi/c1-23-20-24(2)31(25(3)21-23)30(33)22-26(4)32-34(27-14-8-5-9-15-27,28-16-10-6-11-17-28)29-18-12-7-13-19-29/h5-22,32H,1-4H3. The summed E-state index contributed by atoms with van der Waals surface area (Å²) in [6, 6.07) is 37.0. The number of allylic oxidation sites excluding steroid dienone is 2. The van der Waals surface area contributed by atoms with Gasteiger partial charge >= 0.3 is 0 Å². The predicted molar refractivity (Wildman–Crippen MR) is 153 cm³/mol. The van der Waals surface area contributed by atoms with Gasteiger partial charge in [-0.15, -0.1) is 0 Å². The fraction of sp³-hybridized carbons (Fsp3) is 0.129. The van der Waals surface area contributed by atoms with Crippen LogP contribution in [-0.4, -0.2) is 13.1 Å². The summed E-state index contributed by atoms with van der Waals surface area (Å²) in [6.07, 6.45) is 2.14. The van der Waals surface area contributed by atoms with Crippen molar-refractivity contribution in [3.63, 3.8) is 0 Å². The molecule has 34 heavy (non-hydrogen) atoms. The highest BCUT2D eigenvalue weighted by Crippen LogP contribution is 2.19. The molecular weight excluding hydrogens is 447 g/mol. The quantitative estimate of drug-likeness (QED) is 0.124. The van der Waals surface area contributed by atoms with E-state index < -0.39 is 8.24 Å². The van der Waals surface area contributed by atoms with Gasteiger partial charge in [0.25, 0.3) is 0 Å². The minimum absolute atomic E-state index is 0.872. The van der Waals surface area contributed by atoms with Gasteiger partial charge in [-0.05, 0) is 66.0 Å². The zero-order chi connectivity index (χ0) is 24.1. The van der Waals surface area contributed by atoms with E-state index in [1.807, 2.05) is 0 Å². The van der Waals surface area contributed by atoms with E-state index in [0.29, 0.717) is 0 Å². The highest BCUT2D eigenvalue weighted by atomic mass is 32.1. The lowest BCUT2D eigenvalue weighted by atomic mass is 9.97. The summed E-state index contributed by atoms with van der Waals surface area (Å²) in [5, 5.41) is 3.94. The van der Waals surface area contributed by atoms with E-state index in [1.165, 1.54) is 32.3 Å². The van der Waals surface area contributed by atoms with Crippen molar-refractivity contribution in [1.82, 2.24) is 4.98 Å². The van der Waals surface area contributed by atoms with Gasteiger partial charge in [-0.3, -0.25) is 0 Å². The molecule has 170 valence electrons. The van der Waals surface area contributed by atoms with Crippen LogP contribution >= 0.6 is 12.2 Å². The molecule has 4 aromatic carbocycles. The molecule has 0 spiro atoms. The first-order valence-corrected chi connectivity index (χ1v) is 14.1. The van der Waals surface area contributed by atoms with E-state index in [1.54, 1.807) is 0 Å². The maximum atomic E-state index is 5.95. The van der Waals surface area contributed by atoms with Gasteiger partial charge in [-0.2, -0.15) is 0 Å². The third-order valence-electron chi connectivity index (χ3n) is 6.28. The molecule has 0 fully saturated rings. The van der Waals surface area contributed by atoms with Crippen LogP contribution in [0.2, 0.25) is 0 Å². The van der Waals surface area contributed by atoms with Crippen LogP contribution in [0.3, 0.4) is 0 Å². The molecule has 0 bridgehead atoms. The highest BCUT2D eigenvalue weighted by molar-refractivity contribution is 7.81. The minimum Gasteiger partial charge on any atom is -0.404 e. The third kappa shape index (κ3) is 4.81. The molecule has 0 aromatic heterocycles. The molecule has 0 aliphatic heterocycles. The number of aryl methyl sites for hydroxylation is 3. The lowest BCUT2D eigenvalue weighted by molar-refractivity contribution is 1.14. The molecule has 0 radical (unpaired) electrons. The molecule has 0 aliphatic rings. The normalized spacial score (nSPS) is 11.8. The Balaban J connectivity index is 1.86. The third-order valence-corrected chi connectivity index (χ3v) is 11.0. The Morgan fingerprint density at radius 1 is 0.676 bits per heavy atom. The van der Waals surface area contributed by atoms with Gasteiger partial charge in [0.05, 0.1) is 0 Å². The first-order chi connectivity index (χ1) is 16.4. The van der Waals surface area contributed by atoms with Crippen LogP contribution in [0.4, 0.5) is 0 Å². The molecule has 3 heteroatoms. The Labute approximate surface area is 210 Å². The summed E-state index contributed by atoms with van der Waals surface area (Å²) in [5.74, 6) is 0. The lowest BCUT2D eigenvalue weighted by Crippen LogP contribution is -2.75. The maximum Gasteiger partial charge on any atom is 0.250 e. The molecule has 0 heterocycles. The van der Waals surface area contributed by atoms with Crippen molar-refractivity contribution in [1.29, 1.82) is 0 Å². The Hall–Kier alpha value is -3.27. The van der Waals surface area contributed by atoms with Crippen LogP contribution in [0.15, 0.2) is 115 Å². The summed E-state index contributed by atoms with van der Waals surface area (Å²) in [6.45, 7) is 8.57. The Kier molecular flexibility index (Phi) is 7.25. The fourth-order valence-electron chi connectivity index (χ4n) is 4.95. The average molecular weight is 478 g/mol. The molecule has 1 nitrogen and oxygen atoms in total. The van der Waals surface area contributed by atoms with Gasteiger partial charge in [-0.1, -0.05) is 121 Å². The first kappa shape index (κ1) is 23.9. The van der Waals surface area contributed by atoms with E-state index in [4.69, 9.17) is 12.2 Å². The van der Waals surface area contributed by atoms with Gasteiger partial charge in [0, 0.05) is 10.6 Å². The molecule has 1 N–H and O–H groups in total. The smallest absolute Gasteiger partial charge is 0.250 e. The first-order valence-electron chi connectivity index (χ1n) is 11.7. The van der Waals surface area contributed by atoms with Crippen LogP contribution in [0, 0.1) is 20.8 Å². The van der Waals surface area contributed by atoms with Crippen molar-refractivity contribution in [2.75, 3.05) is 0 Å². The van der Waals surface area contributed by atoms with Gasteiger partial charge in [0.2, 0.25) is 8.24 Å². The Bertz CT molecular complexity index is 1190. The number of rotatable bonds is 7. The SMILES string of the molecule is CC(=CC(=S)c1c(C)cc(C)cc1C)N[Si](c1ccccc1)(c1ccccc1)c1ccccc1. The number of hydrogen-bond acceptors (Lipinski definition) is 2. The highest BCUT2D eigenvalue weighted by Gasteiger charge is 2.40. The zero-order valence-electron chi connectivity index (χ0n) is 20.3. The monoisotopic (exact) mass is 477 g/mol. The van der Waals surface area contributed by atoms with Crippen LogP contribution in [0.25, 0.3) is 0 Å². The van der Waals surface area contributed by atoms with Crippen molar-refractivity contribution < 1.29 is 0 Å². The summed E-state index contributed by atoms with van der Waals surface area (Å²) in [7, 11) is -2.57. The Morgan fingerprint density at radius 3 is 1.44 bits per heavy atom. The van der Waals surface area contributed by atoms with Crippen LogP contribution in [0.5, 0.6) is 0 Å². The molecule has 0 saturated heterocycles. The molecule has 0 saturated carbocycles. The molecule has 4 aromatic rings. The topological polar surface area (TPSA) is 12.0 Å². The second-order valence-corrected chi connectivity index (χ2v) is 12.9. The van der Waals surface area contributed by atoms with Crippen molar-refractivity contribution >= 4 is 40.9 Å². The van der Waals surface area contributed by atoms with Crippen LogP contribution < -0.4 is 20.5 Å². The maximum absolute atomic E-state index is 5.95. The molecule has 0 aliphatic carbocycles. The van der Waals surface area contributed by atoms with E-state index >= 15 is 0 Å². The predicted octanol–water partition coefficient (Wildman–Crippen LogP) is 5.49. The van der Waals surface area contributed by atoms with E-state index in [0.717, 1.165) is 16.1 Å². The molecular formula is C31H31NSSi. The number of benzene rings is 4. The largest absolute Gasteiger partial charge is 0.404 e. The lowest BCUT2D eigenvalue weighted by Gasteiger charge is -2.35. The van der Waals surface area contributed by atoms with Gasteiger partial charge in [0.1, 0.15) is 0 Å². The molecule has 4 rings (SSSR count). The second-order valence-electron chi connectivity index (χ2n) is 8.94. The van der Waals surface area contributed by atoms with Crippen molar-refractivity contribution in [2.24, 2.45) is 0 Å². The molecule has 0 atom stereocenters.